The lowest BCUT2D eigenvalue weighted by Gasteiger charge is -1.80. The maximum atomic E-state index is 5.39. The maximum absolute atomic E-state index is 5.39. The van der Waals surface area contributed by atoms with Crippen molar-refractivity contribution in [2.75, 3.05) is 5.73 Å². The molecule has 1 aromatic rings. The predicted molar refractivity (Wildman–Crippen MR) is 33.2 cm³/mol. The predicted octanol–water partition coefficient (Wildman–Crippen LogP) is 1.51. The van der Waals surface area contributed by atoms with Crippen molar-refractivity contribution in [1.82, 2.24) is 0 Å². The highest BCUT2D eigenvalue weighted by molar-refractivity contribution is 7.10. The van der Waals surface area contributed by atoms with Gasteiger partial charge in [-0.2, -0.15) is 0 Å². The Morgan fingerprint density at radius 1 is 1.71 bits per heavy atom. The second-order valence-electron chi connectivity index (χ2n) is 1.30. The van der Waals surface area contributed by atoms with E-state index in [9.17, 15) is 0 Å². The second-order valence-corrected chi connectivity index (χ2v) is 2.30. The Morgan fingerprint density at radius 3 is 2.57 bits per heavy atom. The molecule has 0 saturated heterocycles. The molecule has 0 saturated carbocycles. The molecule has 0 bridgehead atoms. The second kappa shape index (κ2) is 1.54. The number of hydrogen-bond donors (Lipinski definition) is 1. The first kappa shape index (κ1) is 4.65. The van der Waals surface area contributed by atoms with Crippen molar-refractivity contribution in [3.05, 3.63) is 23.2 Å². The molecular formula is C5H6NS. The van der Waals surface area contributed by atoms with Crippen molar-refractivity contribution >= 4 is 17.0 Å². The van der Waals surface area contributed by atoms with E-state index in [1.54, 1.807) is 11.3 Å². The molecule has 2 N–H and O–H groups in total. The summed E-state index contributed by atoms with van der Waals surface area (Å²) in [5.41, 5.74) is 6.18. The summed E-state index contributed by atoms with van der Waals surface area (Å²) in [6.45, 7) is 3.67. The SMILES string of the molecule is [CH2]c1sccc1N. The van der Waals surface area contributed by atoms with Crippen LogP contribution in [0.3, 0.4) is 0 Å². The van der Waals surface area contributed by atoms with Gasteiger partial charge in [0.25, 0.3) is 0 Å². The van der Waals surface area contributed by atoms with E-state index in [1.165, 1.54) is 0 Å². The molecule has 2 heteroatoms. The highest BCUT2D eigenvalue weighted by atomic mass is 32.1. The third-order valence-electron chi connectivity index (χ3n) is 0.780. The van der Waals surface area contributed by atoms with Crippen LogP contribution in [0.15, 0.2) is 11.4 Å². The van der Waals surface area contributed by atoms with Crippen LogP contribution in [0.2, 0.25) is 0 Å². The Morgan fingerprint density at radius 2 is 2.43 bits per heavy atom. The largest absolute Gasteiger partial charge is 0.398 e. The van der Waals surface area contributed by atoms with Gasteiger partial charge in [0.2, 0.25) is 0 Å². The number of nitrogens with two attached hydrogens (primary N) is 1. The summed E-state index contributed by atoms with van der Waals surface area (Å²) in [7, 11) is 0. The fraction of sp³-hybridized carbons (Fsp3) is 0. The van der Waals surface area contributed by atoms with Gasteiger partial charge in [0, 0.05) is 10.6 Å². The molecule has 0 unspecified atom stereocenters. The van der Waals surface area contributed by atoms with Crippen molar-refractivity contribution in [2.45, 2.75) is 0 Å². The molecule has 0 aromatic carbocycles. The molecule has 7 heavy (non-hydrogen) atoms. The highest BCUT2D eigenvalue weighted by Crippen LogP contribution is 2.15. The van der Waals surface area contributed by atoms with E-state index in [4.69, 9.17) is 5.73 Å². The summed E-state index contributed by atoms with van der Waals surface area (Å²) in [6.07, 6.45) is 0. The fourth-order valence-electron chi connectivity index (χ4n) is 0.350. The summed E-state index contributed by atoms with van der Waals surface area (Å²) >= 11 is 1.57. The topological polar surface area (TPSA) is 26.0 Å². The van der Waals surface area contributed by atoms with Crippen LogP contribution in [0.25, 0.3) is 0 Å². The summed E-state index contributed by atoms with van der Waals surface area (Å²) in [5.74, 6) is 0. The van der Waals surface area contributed by atoms with E-state index >= 15 is 0 Å². The quantitative estimate of drug-likeness (QED) is 0.541. The van der Waals surface area contributed by atoms with E-state index in [0.29, 0.717) is 0 Å². The van der Waals surface area contributed by atoms with Gasteiger partial charge in [-0.05, 0) is 18.4 Å². The molecule has 1 nitrogen and oxygen atoms in total. The zero-order valence-corrected chi connectivity index (χ0v) is 4.66. The van der Waals surface area contributed by atoms with Crippen molar-refractivity contribution in [2.24, 2.45) is 0 Å². The monoisotopic (exact) mass is 112 g/mol. The molecule has 37 valence electrons. The zero-order chi connectivity index (χ0) is 5.28. The van der Waals surface area contributed by atoms with Crippen molar-refractivity contribution in [3.63, 3.8) is 0 Å². The molecule has 0 aliphatic carbocycles. The lowest BCUT2D eigenvalue weighted by Crippen LogP contribution is -1.79. The third kappa shape index (κ3) is 0.747. The highest BCUT2D eigenvalue weighted by Gasteiger charge is 1.88. The van der Waals surface area contributed by atoms with Crippen molar-refractivity contribution in [3.8, 4) is 0 Å². The Bertz CT molecular complexity index is 140. The Hall–Kier alpha value is -0.500. The minimum atomic E-state index is 0.796. The molecule has 0 spiro atoms. The molecular weight excluding hydrogens is 106 g/mol. The van der Waals surface area contributed by atoms with Crippen LogP contribution in [-0.4, -0.2) is 0 Å². The van der Waals surface area contributed by atoms with Gasteiger partial charge in [0.1, 0.15) is 0 Å². The lowest BCUT2D eigenvalue weighted by molar-refractivity contribution is 1.80. The Kier molecular flexibility index (Phi) is 1.02. The molecule has 1 heterocycles. The van der Waals surface area contributed by atoms with Gasteiger partial charge in [-0.1, -0.05) is 0 Å². The maximum Gasteiger partial charge on any atom is 0.0455 e. The average Bonchev–Trinajstić information content (AvgIpc) is 1.91. The summed E-state index contributed by atoms with van der Waals surface area (Å²) in [6, 6.07) is 1.85. The van der Waals surface area contributed by atoms with Gasteiger partial charge in [0.05, 0.1) is 0 Å². The first-order valence-electron chi connectivity index (χ1n) is 1.95. The fourth-order valence-corrected chi connectivity index (χ4v) is 0.933. The van der Waals surface area contributed by atoms with Gasteiger partial charge in [-0.3, -0.25) is 0 Å². The average molecular weight is 112 g/mol. The van der Waals surface area contributed by atoms with E-state index in [2.05, 4.69) is 6.92 Å². The van der Waals surface area contributed by atoms with Crippen LogP contribution in [-0.2, 0) is 0 Å². The Balaban J connectivity index is 3.12. The molecule has 0 aliphatic rings. The third-order valence-corrected chi connectivity index (χ3v) is 1.57. The number of nitrogen functional groups attached to an aromatic ring is 1. The van der Waals surface area contributed by atoms with Crippen LogP contribution < -0.4 is 5.73 Å². The van der Waals surface area contributed by atoms with Gasteiger partial charge in [-0.25, -0.2) is 0 Å². The standard InChI is InChI=1S/C5H6NS/c1-4-5(6)2-3-7-4/h2-3H,1,6H2. The molecule has 1 aromatic heterocycles. The number of anilines is 1. The molecule has 0 fully saturated rings. The summed E-state index contributed by atoms with van der Waals surface area (Å²) < 4.78 is 0. The van der Waals surface area contributed by atoms with E-state index in [0.717, 1.165) is 10.6 Å². The van der Waals surface area contributed by atoms with Crippen LogP contribution in [0.5, 0.6) is 0 Å². The van der Waals surface area contributed by atoms with E-state index in [-0.39, 0.29) is 0 Å². The van der Waals surface area contributed by atoms with Gasteiger partial charge >= 0.3 is 0 Å². The van der Waals surface area contributed by atoms with Crippen LogP contribution in [0.1, 0.15) is 4.88 Å². The summed E-state index contributed by atoms with van der Waals surface area (Å²) in [4.78, 5) is 0.958. The first-order chi connectivity index (χ1) is 3.30. The van der Waals surface area contributed by atoms with Crippen LogP contribution >= 0.6 is 11.3 Å². The number of hydrogen-bond acceptors (Lipinski definition) is 2. The van der Waals surface area contributed by atoms with E-state index in [1.807, 2.05) is 11.4 Å². The first-order valence-corrected chi connectivity index (χ1v) is 2.83. The Labute approximate surface area is 46.8 Å². The lowest BCUT2D eigenvalue weighted by atomic mass is 10.4. The number of rotatable bonds is 0. The van der Waals surface area contributed by atoms with Gasteiger partial charge < -0.3 is 5.73 Å². The molecule has 0 aliphatic heterocycles. The summed E-state index contributed by atoms with van der Waals surface area (Å²) in [5, 5.41) is 1.93. The minimum absolute atomic E-state index is 0.796. The van der Waals surface area contributed by atoms with Gasteiger partial charge in [0.15, 0.2) is 0 Å². The van der Waals surface area contributed by atoms with Gasteiger partial charge in [-0.15, -0.1) is 11.3 Å². The normalized spacial score (nSPS) is 9.29. The minimum Gasteiger partial charge on any atom is -0.398 e. The van der Waals surface area contributed by atoms with E-state index < -0.39 is 0 Å². The molecule has 1 rings (SSSR count). The van der Waals surface area contributed by atoms with Crippen molar-refractivity contribution in [1.29, 1.82) is 0 Å². The molecule has 0 atom stereocenters. The number of thiophene rings is 1. The van der Waals surface area contributed by atoms with Crippen LogP contribution in [0, 0.1) is 6.92 Å². The van der Waals surface area contributed by atoms with Crippen LogP contribution in [0.4, 0.5) is 5.69 Å². The zero-order valence-electron chi connectivity index (χ0n) is 3.85. The molecule has 1 radical (unpaired) electrons. The van der Waals surface area contributed by atoms with Crippen molar-refractivity contribution < 1.29 is 0 Å². The molecule has 0 amide bonds. The smallest absolute Gasteiger partial charge is 0.0455 e.